The lowest BCUT2D eigenvalue weighted by atomic mass is 9.86. The number of pyridine rings is 1. The van der Waals surface area contributed by atoms with Crippen LogP contribution in [0.15, 0.2) is 36.4 Å². The van der Waals surface area contributed by atoms with E-state index in [0.29, 0.717) is 6.42 Å². The molecule has 124 valence electrons. The van der Waals surface area contributed by atoms with Gasteiger partial charge in [0, 0.05) is 17.2 Å². The number of fused-ring (bicyclic) bond motifs is 1. The van der Waals surface area contributed by atoms with Crippen LogP contribution in [-0.2, 0) is 17.4 Å². The highest BCUT2D eigenvalue weighted by atomic mass is 19.4. The van der Waals surface area contributed by atoms with E-state index in [2.05, 4.69) is 4.98 Å². The molecule has 0 fully saturated rings. The minimum atomic E-state index is -4.44. The van der Waals surface area contributed by atoms with E-state index in [9.17, 15) is 22.8 Å². The van der Waals surface area contributed by atoms with E-state index < -0.39 is 17.5 Å². The number of carbonyl (C=O) groups excluding carboxylic acids is 2. The topological polar surface area (TPSA) is 47.0 Å². The Bertz CT molecular complexity index is 782. The predicted molar refractivity (Wildman–Crippen MR) is 80.9 cm³/mol. The van der Waals surface area contributed by atoms with Gasteiger partial charge in [-0.25, -0.2) is 4.98 Å². The third kappa shape index (κ3) is 3.09. The van der Waals surface area contributed by atoms with Gasteiger partial charge in [-0.2, -0.15) is 13.2 Å². The standard InChI is InChI=1S/C18H14F3NO2/c19-18(20,21)13-6-4-11(5-7-13)17(24)16-9-8-14-12(10-23)2-1-3-15(14)22-16/h4-10,12H,1-3H2. The van der Waals surface area contributed by atoms with Crippen molar-refractivity contribution < 1.29 is 22.8 Å². The van der Waals surface area contributed by atoms with E-state index in [0.717, 1.165) is 54.7 Å². The number of rotatable bonds is 3. The molecule has 0 radical (unpaired) electrons. The lowest BCUT2D eigenvalue weighted by Crippen LogP contribution is -2.15. The van der Waals surface area contributed by atoms with Crippen LogP contribution in [-0.4, -0.2) is 17.1 Å². The predicted octanol–water partition coefficient (Wildman–Crippen LogP) is 3.95. The van der Waals surface area contributed by atoms with Crippen molar-refractivity contribution >= 4 is 12.1 Å². The Morgan fingerprint density at radius 2 is 1.83 bits per heavy atom. The van der Waals surface area contributed by atoms with Gasteiger partial charge in [-0.3, -0.25) is 4.79 Å². The van der Waals surface area contributed by atoms with Crippen LogP contribution < -0.4 is 0 Å². The Labute approximate surface area is 136 Å². The molecule has 3 nitrogen and oxygen atoms in total. The smallest absolute Gasteiger partial charge is 0.303 e. The summed E-state index contributed by atoms with van der Waals surface area (Å²) in [5.41, 5.74) is 1.08. The van der Waals surface area contributed by atoms with Crippen LogP contribution in [0.1, 0.15) is 51.6 Å². The molecule has 2 aromatic rings. The summed E-state index contributed by atoms with van der Waals surface area (Å²) in [6.07, 6.45) is -1.27. The molecular weight excluding hydrogens is 319 g/mol. The van der Waals surface area contributed by atoms with Crippen molar-refractivity contribution in [3.8, 4) is 0 Å². The van der Waals surface area contributed by atoms with Crippen LogP contribution in [0.25, 0.3) is 0 Å². The minimum Gasteiger partial charge on any atom is -0.303 e. The lowest BCUT2D eigenvalue weighted by molar-refractivity contribution is -0.137. The van der Waals surface area contributed by atoms with Crippen LogP contribution in [0.3, 0.4) is 0 Å². The highest BCUT2D eigenvalue weighted by Gasteiger charge is 2.30. The molecular formula is C18H14F3NO2. The van der Waals surface area contributed by atoms with Crippen LogP contribution in [0.5, 0.6) is 0 Å². The Kier molecular flexibility index (Phi) is 4.22. The summed E-state index contributed by atoms with van der Waals surface area (Å²) in [6.45, 7) is 0. The molecule has 3 rings (SSSR count). The molecule has 0 spiro atoms. The highest BCUT2D eigenvalue weighted by Crippen LogP contribution is 2.31. The normalized spacial score (nSPS) is 17.2. The molecule has 0 saturated heterocycles. The first-order valence-corrected chi connectivity index (χ1v) is 7.57. The van der Waals surface area contributed by atoms with Gasteiger partial charge in [0.25, 0.3) is 0 Å². The number of benzene rings is 1. The summed E-state index contributed by atoms with van der Waals surface area (Å²) in [5, 5.41) is 0. The fourth-order valence-electron chi connectivity index (χ4n) is 2.92. The van der Waals surface area contributed by atoms with Gasteiger partial charge in [0.2, 0.25) is 5.78 Å². The largest absolute Gasteiger partial charge is 0.416 e. The summed E-state index contributed by atoms with van der Waals surface area (Å²) < 4.78 is 37.7. The highest BCUT2D eigenvalue weighted by molar-refractivity contribution is 6.07. The minimum absolute atomic E-state index is 0.151. The van der Waals surface area contributed by atoms with Gasteiger partial charge in [-0.1, -0.05) is 18.2 Å². The number of hydrogen-bond acceptors (Lipinski definition) is 3. The molecule has 1 atom stereocenters. The van der Waals surface area contributed by atoms with Gasteiger partial charge in [0.05, 0.1) is 5.56 Å². The van der Waals surface area contributed by atoms with Crippen molar-refractivity contribution in [3.05, 3.63) is 64.5 Å². The molecule has 0 amide bonds. The van der Waals surface area contributed by atoms with Crippen LogP contribution in [0.4, 0.5) is 13.2 Å². The first-order chi connectivity index (χ1) is 11.4. The van der Waals surface area contributed by atoms with Gasteiger partial charge in [0.15, 0.2) is 0 Å². The average Bonchev–Trinajstić information content (AvgIpc) is 2.59. The van der Waals surface area contributed by atoms with Crippen molar-refractivity contribution in [1.82, 2.24) is 4.98 Å². The summed E-state index contributed by atoms with van der Waals surface area (Å²) in [5.74, 6) is -0.628. The molecule has 1 unspecified atom stereocenters. The molecule has 1 heterocycles. The third-order valence-corrected chi connectivity index (χ3v) is 4.21. The number of hydrogen-bond donors (Lipinski definition) is 0. The molecule has 1 aliphatic rings. The molecule has 0 N–H and O–H groups in total. The molecule has 1 aliphatic carbocycles. The van der Waals surface area contributed by atoms with Gasteiger partial charge < -0.3 is 4.79 Å². The fraction of sp³-hybridized carbons (Fsp3) is 0.278. The van der Waals surface area contributed by atoms with E-state index >= 15 is 0 Å². The molecule has 24 heavy (non-hydrogen) atoms. The van der Waals surface area contributed by atoms with Crippen LogP contribution in [0.2, 0.25) is 0 Å². The maximum absolute atomic E-state index is 12.6. The molecule has 0 aliphatic heterocycles. The van der Waals surface area contributed by atoms with Crippen molar-refractivity contribution in [3.63, 3.8) is 0 Å². The lowest BCUT2D eigenvalue weighted by Gasteiger charge is -2.20. The zero-order chi connectivity index (χ0) is 17.3. The van der Waals surface area contributed by atoms with Crippen molar-refractivity contribution in [2.75, 3.05) is 0 Å². The molecule has 6 heteroatoms. The third-order valence-electron chi connectivity index (χ3n) is 4.21. The van der Waals surface area contributed by atoms with Crippen LogP contribution >= 0.6 is 0 Å². The number of aryl methyl sites for hydroxylation is 1. The summed E-state index contributed by atoms with van der Waals surface area (Å²) in [6, 6.07) is 7.32. The van der Waals surface area contributed by atoms with Gasteiger partial charge in [0.1, 0.15) is 12.0 Å². The number of alkyl halides is 3. The molecule has 1 aromatic carbocycles. The van der Waals surface area contributed by atoms with Gasteiger partial charge in [-0.05, 0) is 43.0 Å². The Morgan fingerprint density at radius 3 is 2.46 bits per heavy atom. The maximum atomic E-state index is 12.6. The van der Waals surface area contributed by atoms with E-state index in [1.54, 1.807) is 6.07 Å². The second-order valence-corrected chi connectivity index (χ2v) is 5.77. The van der Waals surface area contributed by atoms with Gasteiger partial charge >= 0.3 is 6.18 Å². The summed E-state index contributed by atoms with van der Waals surface area (Å²) in [4.78, 5) is 27.8. The van der Waals surface area contributed by atoms with Crippen LogP contribution in [0, 0.1) is 0 Å². The first-order valence-electron chi connectivity index (χ1n) is 7.57. The summed E-state index contributed by atoms with van der Waals surface area (Å²) in [7, 11) is 0. The number of aldehydes is 1. The van der Waals surface area contributed by atoms with E-state index in [1.807, 2.05) is 0 Å². The van der Waals surface area contributed by atoms with Crippen molar-refractivity contribution in [1.29, 1.82) is 0 Å². The zero-order valence-electron chi connectivity index (χ0n) is 12.6. The SMILES string of the molecule is O=CC1CCCc2nc(C(=O)c3ccc(C(F)(F)F)cc3)ccc21. The van der Waals surface area contributed by atoms with E-state index in [-0.39, 0.29) is 17.2 Å². The number of ketones is 1. The molecule has 0 bridgehead atoms. The van der Waals surface area contributed by atoms with E-state index in [4.69, 9.17) is 0 Å². The summed E-state index contributed by atoms with van der Waals surface area (Å²) >= 11 is 0. The average molecular weight is 333 g/mol. The fourth-order valence-corrected chi connectivity index (χ4v) is 2.92. The monoisotopic (exact) mass is 333 g/mol. The van der Waals surface area contributed by atoms with Crippen molar-refractivity contribution in [2.24, 2.45) is 0 Å². The number of halogens is 3. The number of carbonyl (C=O) groups is 2. The second-order valence-electron chi connectivity index (χ2n) is 5.77. The zero-order valence-corrected chi connectivity index (χ0v) is 12.6. The Hall–Kier alpha value is -2.50. The second kappa shape index (κ2) is 6.19. The van der Waals surface area contributed by atoms with Gasteiger partial charge in [-0.15, -0.1) is 0 Å². The first kappa shape index (κ1) is 16.4. The van der Waals surface area contributed by atoms with E-state index in [1.165, 1.54) is 6.07 Å². The Morgan fingerprint density at radius 1 is 1.12 bits per heavy atom. The molecule has 0 saturated carbocycles. The Balaban J connectivity index is 1.89. The quantitative estimate of drug-likeness (QED) is 0.631. The maximum Gasteiger partial charge on any atom is 0.416 e. The molecule has 1 aromatic heterocycles. The van der Waals surface area contributed by atoms with Crippen molar-refractivity contribution in [2.45, 2.75) is 31.4 Å². The number of aromatic nitrogens is 1. The number of nitrogens with zero attached hydrogens (tertiary/aromatic N) is 1.